The van der Waals surface area contributed by atoms with E-state index in [0.717, 1.165) is 42.4 Å². The van der Waals surface area contributed by atoms with Crippen LogP contribution in [0, 0.1) is 6.92 Å². The predicted octanol–water partition coefficient (Wildman–Crippen LogP) is 5.35. The average molecular weight is 437 g/mol. The first-order valence-electron chi connectivity index (χ1n) is 10.6. The Balaban J connectivity index is 1.32. The maximum Gasteiger partial charge on any atom is 0.416 e. The third-order valence-corrected chi connectivity index (χ3v) is 7.40. The lowest BCUT2D eigenvalue weighted by molar-refractivity contribution is -0.137. The number of benzene rings is 1. The van der Waals surface area contributed by atoms with Crippen LogP contribution in [0.4, 0.5) is 18.9 Å². The van der Waals surface area contributed by atoms with Crippen LogP contribution in [0.1, 0.15) is 50.5 Å². The largest absolute Gasteiger partial charge is 0.416 e. The Kier molecular flexibility index (Phi) is 6.21. The van der Waals surface area contributed by atoms with Gasteiger partial charge in [-0.05, 0) is 56.4 Å². The van der Waals surface area contributed by atoms with Crippen molar-refractivity contribution in [2.75, 3.05) is 37.6 Å². The van der Waals surface area contributed by atoms with Gasteiger partial charge in [0.15, 0.2) is 5.78 Å². The molecule has 162 valence electrons. The van der Waals surface area contributed by atoms with Crippen molar-refractivity contribution < 1.29 is 18.0 Å². The second-order valence-electron chi connectivity index (χ2n) is 8.19. The molecule has 0 saturated carbocycles. The zero-order valence-electron chi connectivity index (χ0n) is 17.2. The summed E-state index contributed by atoms with van der Waals surface area (Å²) in [5, 5.41) is 0. The molecule has 4 rings (SSSR count). The molecule has 1 saturated heterocycles. The number of aryl methyl sites for hydroxylation is 2. The van der Waals surface area contributed by atoms with Gasteiger partial charge in [0.05, 0.1) is 5.56 Å². The second kappa shape index (κ2) is 8.71. The highest BCUT2D eigenvalue weighted by Gasteiger charge is 2.31. The van der Waals surface area contributed by atoms with Crippen LogP contribution >= 0.6 is 11.3 Å². The Morgan fingerprint density at radius 1 is 1.10 bits per heavy atom. The highest BCUT2D eigenvalue weighted by Crippen LogP contribution is 2.35. The fourth-order valence-corrected chi connectivity index (χ4v) is 5.84. The number of hydrogen-bond acceptors (Lipinski definition) is 4. The Labute approximate surface area is 179 Å². The molecule has 0 radical (unpaired) electrons. The van der Waals surface area contributed by atoms with Crippen LogP contribution in [0.3, 0.4) is 0 Å². The van der Waals surface area contributed by atoms with Crippen LogP contribution in [0.25, 0.3) is 0 Å². The third-order valence-electron chi connectivity index (χ3n) is 6.19. The van der Waals surface area contributed by atoms with Crippen LogP contribution in [0.2, 0.25) is 0 Å². The monoisotopic (exact) mass is 436 g/mol. The summed E-state index contributed by atoms with van der Waals surface area (Å²) < 4.78 is 38.9. The fourth-order valence-electron chi connectivity index (χ4n) is 4.56. The summed E-state index contributed by atoms with van der Waals surface area (Å²) in [6.45, 7) is 5.61. The molecule has 1 aromatic carbocycles. The molecule has 0 unspecified atom stereocenters. The normalized spacial score (nSPS) is 17.8. The predicted molar refractivity (Wildman–Crippen MR) is 115 cm³/mol. The standard InChI is InChI=1S/C23H27F3N2OS/c1-16-22(19-7-2-3-8-21(19)30-16)20(29)9-10-27-11-13-28(14-12-27)18-6-4-5-17(15-18)23(24,25)26/h4-6,15H,2-3,7-14H2,1H3. The van der Waals surface area contributed by atoms with Gasteiger partial charge in [-0.25, -0.2) is 0 Å². The van der Waals surface area contributed by atoms with Crippen LogP contribution in [-0.4, -0.2) is 43.4 Å². The molecule has 1 aromatic heterocycles. The minimum atomic E-state index is -4.32. The van der Waals surface area contributed by atoms with Crippen molar-refractivity contribution in [3.05, 3.63) is 50.7 Å². The molecule has 2 aliphatic rings. The van der Waals surface area contributed by atoms with Gasteiger partial charge in [-0.1, -0.05) is 6.07 Å². The summed E-state index contributed by atoms with van der Waals surface area (Å²) in [5.74, 6) is 0.243. The van der Waals surface area contributed by atoms with E-state index in [9.17, 15) is 18.0 Å². The van der Waals surface area contributed by atoms with Crippen LogP contribution in [0.15, 0.2) is 24.3 Å². The molecule has 1 fully saturated rings. The highest BCUT2D eigenvalue weighted by molar-refractivity contribution is 7.12. The highest BCUT2D eigenvalue weighted by atomic mass is 32.1. The maximum absolute atomic E-state index is 13.0. The number of fused-ring (bicyclic) bond motifs is 1. The number of hydrogen-bond donors (Lipinski definition) is 0. The number of anilines is 1. The first kappa shape index (κ1) is 21.4. The molecule has 2 heterocycles. The van der Waals surface area contributed by atoms with Crippen molar-refractivity contribution in [3.63, 3.8) is 0 Å². The van der Waals surface area contributed by atoms with Gasteiger partial charge < -0.3 is 4.90 Å². The van der Waals surface area contributed by atoms with Gasteiger partial charge in [-0.2, -0.15) is 13.2 Å². The average Bonchev–Trinajstić information content (AvgIpc) is 3.07. The van der Waals surface area contributed by atoms with Gasteiger partial charge in [0.25, 0.3) is 0 Å². The van der Waals surface area contributed by atoms with Gasteiger partial charge >= 0.3 is 6.18 Å². The summed E-state index contributed by atoms with van der Waals surface area (Å²) in [6, 6.07) is 5.53. The molecule has 0 bridgehead atoms. The second-order valence-corrected chi connectivity index (χ2v) is 9.50. The lowest BCUT2D eigenvalue weighted by Crippen LogP contribution is -2.47. The quantitative estimate of drug-likeness (QED) is 0.591. The van der Waals surface area contributed by atoms with Crippen molar-refractivity contribution in [3.8, 4) is 0 Å². The lowest BCUT2D eigenvalue weighted by Gasteiger charge is -2.36. The molecule has 3 nitrogen and oxygen atoms in total. The van der Waals surface area contributed by atoms with Gasteiger partial charge in [0.2, 0.25) is 0 Å². The minimum absolute atomic E-state index is 0.243. The number of halogens is 3. The molecule has 7 heteroatoms. The molecular formula is C23H27F3N2OS. The number of carbonyl (C=O) groups is 1. The van der Waals surface area contributed by atoms with Crippen LogP contribution < -0.4 is 4.90 Å². The van der Waals surface area contributed by atoms with E-state index < -0.39 is 11.7 Å². The molecule has 0 amide bonds. The zero-order valence-corrected chi connectivity index (χ0v) is 18.0. The van der Waals surface area contributed by atoms with Crippen molar-refractivity contribution in [2.24, 2.45) is 0 Å². The molecule has 1 aliphatic heterocycles. The van der Waals surface area contributed by atoms with Gasteiger partial charge in [-0.15, -0.1) is 11.3 Å². The number of rotatable bonds is 5. The summed E-state index contributed by atoms with van der Waals surface area (Å²) >= 11 is 1.79. The first-order valence-corrected chi connectivity index (χ1v) is 11.4. The summed E-state index contributed by atoms with van der Waals surface area (Å²) in [5.41, 5.74) is 2.27. The summed E-state index contributed by atoms with van der Waals surface area (Å²) in [4.78, 5) is 19.7. The van der Waals surface area contributed by atoms with Gasteiger partial charge in [-0.3, -0.25) is 9.69 Å². The summed E-state index contributed by atoms with van der Waals surface area (Å²) in [6.07, 6.45) is 0.699. The van der Waals surface area contributed by atoms with Gasteiger partial charge in [0.1, 0.15) is 0 Å². The molecule has 1 aliphatic carbocycles. The van der Waals surface area contributed by atoms with E-state index >= 15 is 0 Å². The van der Waals surface area contributed by atoms with E-state index in [1.165, 1.54) is 35.4 Å². The molecule has 0 spiro atoms. The van der Waals surface area contributed by atoms with E-state index in [1.54, 1.807) is 17.4 Å². The van der Waals surface area contributed by atoms with E-state index in [-0.39, 0.29) is 5.78 Å². The Bertz CT molecular complexity index is 914. The Morgan fingerprint density at radius 2 is 1.83 bits per heavy atom. The molecule has 0 atom stereocenters. The van der Waals surface area contributed by atoms with Crippen molar-refractivity contribution in [1.82, 2.24) is 4.90 Å². The van der Waals surface area contributed by atoms with E-state index in [2.05, 4.69) is 11.8 Å². The van der Waals surface area contributed by atoms with Crippen molar-refractivity contribution in [2.45, 2.75) is 45.2 Å². The lowest BCUT2D eigenvalue weighted by atomic mass is 9.92. The number of piperazine rings is 1. The number of nitrogens with zero attached hydrogens (tertiary/aromatic N) is 2. The maximum atomic E-state index is 13.0. The number of Topliss-reactive ketones (excluding diaryl/α,β-unsaturated/α-hetero) is 1. The van der Waals surface area contributed by atoms with Crippen LogP contribution in [0.5, 0.6) is 0 Å². The third kappa shape index (κ3) is 4.57. The van der Waals surface area contributed by atoms with E-state index in [0.29, 0.717) is 31.7 Å². The fraction of sp³-hybridized carbons (Fsp3) is 0.522. The first-order chi connectivity index (χ1) is 14.3. The SMILES string of the molecule is Cc1sc2c(c1C(=O)CCN1CCN(c3cccc(C(F)(F)F)c3)CC1)CCCC2. The Morgan fingerprint density at radius 3 is 2.57 bits per heavy atom. The smallest absolute Gasteiger partial charge is 0.369 e. The minimum Gasteiger partial charge on any atom is -0.369 e. The van der Waals surface area contributed by atoms with E-state index in [1.807, 2.05) is 4.90 Å². The molecular weight excluding hydrogens is 409 g/mol. The van der Waals surface area contributed by atoms with Crippen LogP contribution in [-0.2, 0) is 19.0 Å². The van der Waals surface area contributed by atoms with E-state index in [4.69, 9.17) is 0 Å². The number of alkyl halides is 3. The summed E-state index contributed by atoms with van der Waals surface area (Å²) in [7, 11) is 0. The van der Waals surface area contributed by atoms with Crippen molar-refractivity contribution in [1.29, 1.82) is 0 Å². The number of ketones is 1. The molecule has 30 heavy (non-hydrogen) atoms. The number of thiophene rings is 1. The topological polar surface area (TPSA) is 23.6 Å². The number of carbonyl (C=O) groups excluding carboxylic acids is 1. The van der Waals surface area contributed by atoms with Crippen molar-refractivity contribution >= 4 is 22.8 Å². The zero-order chi connectivity index (χ0) is 21.3. The molecule has 2 aromatic rings. The molecule has 0 N–H and O–H groups in total. The Hall–Kier alpha value is -1.86. The van der Waals surface area contributed by atoms with Gasteiger partial charge in [0, 0.05) is 60.1 Å².